The van der Waals surface area contributed by atoms with Crippen LogP contribution in [0.3, 0.4) is 0 Å². The first kappa shape index (κ1) is 14.5. The van der Waals surface area contributed by atoms with Crippen molar-refractivity contribution in [2.24, 2.45) is 0 Å². The third-order valence-electron chi connectivity index (χ3n) is 3.00. The summed E-state index contributed by atoms with van der Waals surface area (Å²) in [7, 11) is -1.83. The van der Waals surface area contributed by atoms with Gasteiger partial charge in [-0.15, -0.1) is 0 Å². The van der Waals surface area contributed by atoms with Crippen LogP contribution in [-0.4, -0.2) is 20.6 Å². The second-order valence-electron chi connectivity index (χ2n) is 4.07. The summed E-state index contributed by atoms with van der Waals surface area (Å²) in [4.78, 5) is 11.5. The maximum atomic E-state index is 11.5. The van der Waals surface area contributed by atoms with Gasteiger partial charge in [0.1, 0.15) is 6.10 Å². The SMILES string of the molecule is CCC(CC)OC(=O)O[Si](C)(CC)CC. The van der Waals surface area contributed by atoms with E-state index < -0.39 is 14.5 Å². The van der Waals surface area contributed by atoms with E-state index in [9.17, 15) is 4.79 Å². The van der Waals surface area contributed by atoms with Gasteiger partial charge in [0, 0.05) is 0 Å². The van der Waals surface area contributed by atoms with Crippen molar-refractivity contribution >= 4 is 14.5 Å². The van der Waals surface area contributed by atoms with Crippen molar-refractivity contribution in [3.8, 4) is 0 Å². The fourth-order valence-electron chi connectivity index (χ4n) is 1.21. The number of rotatable bonds is 6. The molecule has 0 radical (unpaired) electrons. The van der Waals surface area contributed by atoms with Crippen molar-refractivity contribution in [3.05, 3.63) is 0 Å². The van der Waals surface area contributed by atoms with E-state index in [-0.39, 0.29) is 6.10 Å². The molecule has 0 N–H and O–H groups in total. The zero-order valence-electron chi connectivity index (χ0n) is 10.6. The summed E-state index contributed by atoms with van der Waals surface area (Å²) in [6.07, 6.45) is 1.23. The number of hydrogen-bond donors (Lipinski definition) is 0. The Kier molecular flexibility index (Phi) is 6.64. The van der Waals surface area contributed by atoms with Crippen molar-refractivity contribution in [1.82, 2.24) is 0 Å². The minimum atomic E-state index is -1.83. The minimum absolute atomic E-state index is 0.00413. The zero-order valence-corrected chi connectivity index (χ0v) is 11.6. The highest BCUT2D eigenvalue weighted by molar-refractivity contribution is 6.73. The monoisotopic (exact) mass is 232 g/mol. The molecular weight excluding hydrogens is 208 g/mol. The second kappa shape index (κ2) is 6.88. The summed E-state index contributed by atoms with van der Waals surface area (Å²) < 4.78 is 10.7. The molecule has 0 aromatic heterocycles. The summed E-state index contributed by atoms with van der Waals surface area (Å²) in [6, 6.07) is 1.89. The molecule has 15 heavy (non-hydrogen) atoms. The molecule has 0 aliphatic rings. The average molecular weight is 232 g/mol. The number of carbonyl (C=O) groups excluding carboxylic acids is 1. The molecule has 0 bridgehead atoms. The van der Waals surface area contributed by atoms with Gasteiger partial charge in [-0.3, -0.25) is 0 Å². The summed E-state index contributed by atoms with van der Waals surface area (Å²) in [6.45, 7) is 10.2. The Morgan fingerprint density at radius 1 is 1.13 bits per heavy atom. The van der Waals surface area contributed by atoms with Crippen molar-refractivity contribution in [2.45, 2.75) is 65.3 Å². The normalized spacial score (nSPS) is 11.6. The number of carbonyl (C=O) groups is 1. The van der Waals surface area contributed by atoms with Crippen LogP contribution in [0, 0.1) is 0 Å². The Balaban J connectivity index is 4.12. The van der Waals surface area contributed by atoms with E-state index in [1.165, 1.54) is 0 Å². The maximum absolute atomic E-state index is 11.5. The zero-order chi connectivity index (χ0) is 11.9. The highest BCUT2D eigenvalue weighted by Gasteiger charge is 2.30. The van der Waals surface area contributed by atoms with Crippen LogP contribution in [0.1, 0.15) is 40.5 Å². The van der Waals surface area contributed by atoms with Crippen LogP contribution in [-0.2, 0) is 9.16 Å². The Hall–Kier alpha value is -0.513. The van der Waals surface area contributed by atoms with Gasteiger partial charge in [0.2, 0.25) is 0 Å². The third kappa shape index (κ3) is 5.21. The van der Waals surface area contributed by atoms with Gasteiger partial charge in [0.25, 0.3) is 8.32 Å². The quantitative estimate of drug-likeness (QED) is 0.514. The van der Waals surface area contributed by atoms with E-state index in [2.05, 4.69) is 20.4 Å². The van der Waals surface area contributed by atoms with Gasteiger partial charge in [-0.1, -0.05) is 27.7 Å². The first-order valence-electron chi connectivity index (χ1n) is 5.90. The predicted molar refractivity (Wildman–Crippen MR) is 64.5 cm³/mol. The lowest BCUT2D eigenvalue weighted by atomic mass is 10.2. The molecule has 0 saturated heterocycles. The molecule has 0 aromatic carbocycles. The Morgan fingerprint density at radius 2 is 1.60 bits per heavy atom. The molecule has 0 aliphatic heterocycles. The molecule has 0 fully saturated rings. The van der Waals surface area contributed by atoms with Gasteiger partial charge in [0.15, 0.2) is 0 Å². The van der Waals surface area contributed by atoms with Crippen LogP contribution in [0.15, 0.2) is 0 Å². The van der Waals surface area contributed by atoms with Gasteiger partial charge >= 0.3 is 6.16 Å². The highest BCUT2D eigenvalue weighted by Crippen LogP contribution is 2.17. The summed E-state index contributed by atoms with van der Waals surface area (Å²) >= 11 is 0. The molecule has 4 heteroatoms. The predicted octanol–water partition coefficient (Wildman–Crippen LogP) is 3.94. The molecule has 0 unspecified atom stereocenters. The fourth-order valence-corrected chi connectivity index (χ4v) is 2.45. The number of ether oxygens (including phenoxy) is 1. The van der Waals surface area contributed by atoms with Crippen LogP contribution in [0.4, 0.5) is 4.79 Å². The molecule has 0 atom stereocenters. The Labute approximate surface area is 94.3 Å². The van der Waals surface area contributed by atoms with Crippen LogP contribution in [0.5, 0.6) is 0 Å². The third-order valence-corrected chi connectivity index (χ3v) is 6.65. The largest absolute Gasteiger partial charge is 0.494 e. The second-order valence-corrected chi connectivity index (χ2v) is 8.58. The lowest BCUT2D eigenvalue weighted by molar-refractivity contribution is 0.0525. The molecule has 0 rings (SSSR count). The molecular formula is C11H24O3Si. The molecule has 0 amide bonds. The molecule has 0 aromatic rings. The molecule has 3 nitrogen and oxygen atoms in total. The van der Waals surface area contributed by atoms with Crippen LogP contribution in [0.2, 0.25) is 18.6 Å². The number of hydrogen-bond acceptors (Lipinski definition) is 3. The van der Waals surface area contributed by atoms with E-state index in [4.69, 9.17) is 9.16 Å². The van der Waals surface area contributed by atoms with E-state index in [0.717, 1.165) is 24.9 Å². The minimum Gasteiger partial charge on any atom is -0.489 e. The standard InChI is InChI=1S/C11H24O3Si/c1-6-10(7-2)13-11(12)14-15(5,8-3)9-4/h10H,6-9H2,1-5H3. The van der Waals surface area contributed by atoms with Gasteiger partial charge < -0.3 is 9.16 Å². The molecule has 0 saturated carbocycles. The Bertz CT molecular complexity index is 186. The summed E-state index contributed by atoms with van der Waals surface area (Å²) in [5, 5.41) is 0. The average Bonchev–Trinajstić information content (AvgIpc) is 2.25. The molecule has 90 valence electrons. The highest BCUT2D eigenvalue weighted by atomic mass is 28.4. The van der Waals surface area contributed by atoms with Crippen molar-refractivity contribution < 1.29 is 14.0 Å². The van der Waals surface area contributed by atoms with Crippen molar-refractivity contribution in [2.75, 3.05) is 0 Å². The van der Waals surface area contributed by atoms with Gasteiger partial charge in [-0.25, -0.2) is 4.79 Å². The van der Waals surface area contributed by atoms with Crippen LogP contribution in [0.25, 0.3) is 0 Å². The first-order valence-corrected chi connectivity index (χ1v) is 8.73. The van der Waals surface area contributed by atoms with E-state index in [1.54, 1.807) is 0 Å². The first-order chi connectivity index (χ1) is 7.01. The molecule has 0 spiro atoms. The van der Waals surface area contributed by atoms with Crippen LogP contribution < -0.4 is 0 Å². The van der Waals surface area contributed by atoms with E-state index >= 15 is 0 Å². The lowest BCUT2D eigenvalue weighted by Gasteiger charge is -2.25. The van der Waals surface area contributed by atoms with Gasteiger partial charge in [-0.2, -0.15) is 0 Å². The van der Waals surface area contributed by atoms with Crippen LogP contribution >= 0.6 is 0 Å². The van der Waals surface area contributed by atoms with E-state index in [0.29, 0.717) is 0 Å². The Morgan fingerprint density at radius 3 is 1.93 bits per heavy atom. The van der Waals surface area contributed by atoms with Gasteiger partial charge in [-0.05, 0) is 31.5 Å². The lowest BCUT2D eigenvalue weighted by Crippen LogP contribution is -2.36. The van der Waals surface area contributed by atoms with E-state index in [1.807, 2.05) is 13.8 Å². The van der Waals surface area contributed by atoms with Crippen molar-refractivity contribution in [3.63, 3.8) is 0 Å². The van der Waals surface area contributed by atoms with Crippen molar-refractivity contribution in [1.29, 1.82) is 0 Å². The summed E-state index contributed by atoms with van der Waals surface area (Å²) in [5.41, 5.74) is 0. The molecule has 0 aliphatic carbocycles. The fraction of sp³-hybridized carbons (Fsp3) is 0.909. The topological polar surface area (TPSA) is 35.5 Å². The smallest absolute Gasteiger partial charge is 0.489 e. The maximum Gasteiger partial charge on any atom is 0.494 e. The van der Waals surface area contributed by atoms with Gasteiger partial charge in [0.05, 0.1) is 0 Å². The molecule has 0 heterocycles. The summed E-state index contributed by atoms with van der Waals surface area (Å²) in [5.74, 6) is 0.